The monoisotopic (exact) mass is 361 g/mol. The van der Waals surface area contributed by atoms with E-state index in [1.54, 1.807) is 6.07 Å². The minimum atomic E-state index is -0.147. The fourth-order valence-electron chi connectivity index (χ4n) is 3.08. The Bertz CT molecular complexity index is 1160. The molecule has 0 fully saturated rings. The van der Waals surface area contributed by atoms with Gasteiger partial charge in [0.1, 0.15) is 5.82 Å². The Balaban J connectivity index is 1.40. The van der Waals surface area contributed by atoms with Crippen molar-refractivity contribution in [2.45, 2.75) is 26.4 Å². The number of nitrogens with zero attached hydrogens (tertiary/aromatic N) is 3. The van der Waals surface area contributed by atoms with Gasteiger partial charge in [0, 0.05) is 13.0 Å². The van der Waals surface area contributed by atoms with E-state index < -0.39 is 0 Å². The van der Waals surface area contributed by atoms with E-state index in [4.69, 9.17) is 0 Å². The first-order valence-electron chi connectivity index (χ1n) is 8.77. The fraction of sp³-hybridized carbons (Fsp3) is 0.200. The molecular weight excluding hydrogens is 342 g/mol. The van der Waals surface area contributed by atoms with Gasteiger partial charge in [0.05, 0.1) is 34.8 Å². The molecule has 136 valence electrons. The number of H-pyrrole nitrogens is 1. The first-order chi connectivity index (χ1) is 13.1. The summed E-state index contributed by atoms with van der Waals surface area (Å²) in [6.07, 6.45) is 1.70. The summed E-state index contributed by atoms with van der Waals surface area (Å²) in [5.74, 6) is 0.552. The lowest BCUT2D eigenvalue weighted by Crippen LogP contribution is -2.27. The molecule has 1 amide bonds. The first kappa shape index (κ1) is 17.0. The zero-order valence-electron chi connectivity index (χ0n) is 14.9. The second kappa shape index (κ2) is 7.03. The van der Waals surface area contributed by atoms with Crippen molar-refractivity contribution in [3.8, 4) is 0 Å². The number of carbonyl (C=O) groups excluding carboxylic acids is 1. The molecular formula is C20H19N5O2. The summed E-state index contributed by atoms with van der Waals surface area (Å²) in [4.78, 5) is 36.6. The van der Waals surface area contributed by atoms with Crippen molar-refractivity contribution in [3.63, 3.8) is 0 Å². The molecule has 2 aromatic carbocycles. The van der Waals surface area contributed by atoms with Gasteiger partial charge in [0.15, 0.2) is 0 Å². The molecule has 0 saturated carbocycles. The average molecular weight is 361 g/mol. The van der Waals surface area contributed by atoms with Crippen molar-refractivity contribution in [1.29, 1.82) is 0 Å². The zero-order chi connectivity index (χ0) is 18.8. The quantitative estimate of drug-likeness (QED) is 0.570. The number of hydrogen-bond acceptors (Lipinski definition) is 4. The van der Waals surface area contributed by atoms with Crippen LogP contribution in [0.5, 0.6) is 0 Å². The van der Waals surface area contributed by atoms with Gasteiger partial charge in [-0.15, -0.1) is 0 Å². The van der Waals surface area contributed by atoms with Gasteiger partial charge in [0.25, 0.3) is 5.56 Å². The molecule has 0 atom stereocenters. The lowest BCUT2D eigenvalue weighted by atomic mass is 10.1. The van der Waals surface area contributed by atoms with Crippen molar-refractivity contribution in [1.82, 2.24) is 24.8 Å². The Hall–Kier alpha value is -3.48. The van der Waals surface area contributed by atoms with E-state index >= 15 is 0 Å². The number of fused-ring (bicyclic) bond motifs is 2. The second-order valence-electron chi connectivity index (χ2n) is 6.44. The first-order valence-corrected chi connectivity index (χ1v) is 8.77. The second-order valence-corrected chi connectivity index (χ2v) is 6.44. The van der Waals surface area contributed by atoms with Crippen LogP contribution in [-0.2, 0) is 17.9 Å². The third-order valence-corrected chi connectivity index (χ3v) is 4.53. The Kier molecular flexibility index (Phi) is 4.42. The smallest absolute Gasteiger partial charge is 0.261 e. The van der Waals surface area contributed by atoms with Crippen molar-refractivity contribution >= 4 is 27.8 Å². The molecule has 27 heavy (non-hydrogen) atoms. The highest BCUT2D eigenvalue weighted by Gasteiger charge is 2.09. The Morgan fingerprint density at radius 2 is 2.04 bits per heavy atom. The molecule has 2 heterocycles. The zero-order valence-corrected chi connectivity index (χ0v) is 14.9. The largest absolute Gasteiger partial charge is 0.349 e. The van der Waals surface area contributed by atoms with E-state index in [-0.39, 0.29) is 24.4 Å². The topological polar surface area (TPSA) is 92.7 Å². The highest BCUT2D eigenvalue weighted by Crippen LogP contribution is 2.11. The van der Waals surface area contributed by atoms with Gasteiger partial charge in [-0.25, -0.2) is 9.97 Å². The Morgan fingerprint density at radius 1 is 1.19 bits per heavy atom. The Labute approximate surface area is 155 Å². The van der Waals surface area contributed by atoms with E-state index in [9.17, 15) is 9.59 Å². The summed E-state index contributed by atoms with van der Waals surface area (Å²) in [6.45, 7) is 2.52. The molecule has 2 N–H and O–H groups in total. The number of benzene rings is 2. The maximum Gasteiger partial charge on any atom is 0.261 e. The minimum Gasteiger partial charge on any atom is -0.349 e. The van der Waals surface area contributed by atoms with E-state index in [2.05, 4.69) is 20.3 Å². The third-order valence-electron chi connectivity index (χ3n) is 4.53. The van der Waals surface area contributed by atoms with Gasteiger partial charge in [-0.2, -0.15) is 0 Å². The summed E-state index contributed by atoms with van der Waals surface area (Å²) >= 11 is 0. The summed E-state index contributed by atoms with van der Waals surface area (Å²) in [6, 6.07) is 13.2. The highest BCUT2D eigenvalue weighted by atomic mass is 16.1. The van der Waals surface area contributed by atoms with Crippen molar-refractivity contribution in [3.05, 3.63) is 70.5 Å². The summed E-state index contributed by atoms with van der Waals surface area (Å²) in [5, 5.41) is 3.40. The molecule has 7 nitrogen and oxygen atoms in total. The van der Waals surface area contributed by atoms with Crippen molar-refractivity contribution in [2.75, 3.05) is 0 Å². The number of rotatable bonds is 5. The molecule has 0 radical (unpaired) electrons. The van der Waals surface area contributed by atoms with Gasteiger partial charge in [-0.1, -0.05) is 24.3 Å². The summed E-state index contributed by atoms with van der Waals surface area (Å²) < 4.78 is 1.47. The molecule has 4 aromatic rings. The number of imidazole rings is 1. The van der Waals surface area contributed by atoms with Crippen molar-refractivity contribution in [2.24, 2.45) is 0 Å². The number of aryl methyl sites for hydroxylation is 2. The number of para-hydroxylation sites is 3. The fourth-order valence-corrected chi connectivity index (χ4v) is 3.08. The number of carbonyl (C=O) groups is 1. The maximum absolute atomic E-state index is 12.5. The molecule has 0 bridgehead atoms. The van der Waals surface area contributed by atoms with Gasteiger partial charge in [-0.05, 0) is 30.7 Å². The van der Waals surface area contributed by atoms with Crippen LogP contribution >= 0.6 is 0 Å². The van der Waals surface area contributed by atoms with Crippen LogP contribution in [0, 0.1) is 6.92 Å². The van der Waals surface area contributed by atoms with E-state index in [0.29, 0.717) is 23.3 Å². The number of amides is 1. The molecule has 2 aromatic heterocycles. The van der Waals surface area contributed by atoms with Gasteiger partial charge >= 0.3 is 0 Å². The Morgan fingerprint density at radius 3 is 2.89 bits per heavy atom. The SMILES string of the molecule is Cc1cccc2c(=O)n(CCC(=O)NCc3nc4ccccc4[nH]3)cnc12. The van der Waals surface area contributed by atoms with Gasteiger partial charge < -0.3 is 10.3 Å². The average Bonchev–Trinajstić information content (AvgIpc) is 3.09. The molecule has 7 heteroatoms. The maximum atomic E-state index is 12.5. The molecule has 0 aliphatic rings. The predicted molar refractivity (Wildman–Crippen MR) is 103 cm³/mol. The van der Waals surface area contributed by atoms with Crippen LogP contribution < -0.4 is 10.9 Å². The lowest BCUT2D eigenvalue weighted by Gasteiger charge is -2.08. The van der Waals surface area contributed by atoms with Crippen LogP contribution in [0.1, 0.15) is 17.8 Å². The summed E-state index contributed by atoms with van der Waals surface area (Å²) in [5.41, 5.74) is 3.33. The van der Waals surface area contributed by atoms with Gasteiger partial charge in [-0.3, -0.25) is 14.2 Å². The van der Waals surface area contributed by atoms with E-state index in [1.165, 1.54) is 10.9 Å². The standard InChI is InChI=1S/C20H19N5O2/c1-13-5-4-6-14-19(13)22-12-25(20(14)27)10-9-18(26)21-11-17-23-15-7-2-3-8-16(15)24-17/h2-8,12H,9-11H2,1H3,(H,21,26)(H,23,24). The molecule has 4 rings (SSSR count). The van der Waals surface area contributed by atoms with Crippen LogP contribution in [-0.4, -0.2) is 25.4 Å². The molecule has 0 aliphatic carbocycles. The normalized spacial score (nSPS) is 11.1. The number of nitrogens with one attached hydrogen (secondary N) is 2. The molecule has 0 aliphatic heterocycles. The van der Waals surface area contributed by atoms with E-state index in [0.717, 1.165) is 16.6 Å². The minimum absolute atomic E-state index is 0.131. The van der Waals surface area contributed by atoms with Crippen LogP contribution in [0.2, 0.25) is 0 Å². The number of hydrogen-bond donors (Lipinski definition) is 2. The molecule has 0 unspecified atom stereocenters. The highest BCUT2D eigenvalue weighted by molar-refractivity contribution is 5.80. The number of aromatic amines is 1. The molecule has 0 saturated heterocycles. The number of aromatic nitrogens is 4. The summed E-state index contributed by atoms with van der Waals surface area (Å²) in [7, 11) is 0. The van der Waals surface area contributed by atoms with Crippen LogP contribution in [0.4, 0.5) is 0 Å². The van der Waals surface area contributed by atoms with Crippen LogP contribution in [0.15, 0.2) is 53.6 Å². The van der Waals surface area contributed by atoms with Crippen LogP contribution in [0.3, 0.4) is 0 Å². The van der Waals surface area contributed by atoms with Crippen molar-refractivity contribution < 1.29 is 4.79 Å². The predicted octanol–water partition coefficient (Wildman–Crippen LogP) is 2.29. The third kappa shape index (κ3) is 3.44. The molecule has 0 spiro atoms. The van der Waals surface area contributed by atoms with Gasteiger partial charge in [0.2, 0.25) is 5.91 Å². The van der Waals surface area contributed by atoms with E-state index in [1.807, 2.05) is 43.3 Å². The lowest BCUT2D eigenvalue weighted by molar-refractivity contribution is -0.121. The van der Waals surface area contributed by atoms with Crippen LogP contribution in [0.25, 0.3) is 21.9 Å².